The molecule has 0 atom stereocenters. The second-order valence-corrected chi connectivity index (χ2v) is 87.7. The second kappa shape index (κ2) is 45.3. The SMILES string of the molecule is C[Si](C)(CC[Si](CC[Si](C)(C)CC[Si](C)([C]1[CH][CH][CH][CH]1)[C]1[CH][CH][CH][CH]1)(CC[Si](C)(C)CC[Si](C)([C]1[CH][CH][CH][CH]1)[C]1[CH][CH][CH][CH]1)CC[Si](C)(C)CC[Si](C)([C]1[CH][CH][CH][CH]1)[C]1[CH][CH][CH][CH]1)CC[Si](C)([C]1[CH][CH][CH][CH]1)[C]1[CH][CH][CH][CH]1.[Cl][Zr+2][Cl].[Cl][Zr+2][Cl].[Cl][Zr+2][Cl].[Cl][Zr+2][Cl]. The molecule has 0 aromatic carbocycles. The molecule has 0 bridgehead atoms. The zero-order chi connectivity index (χ0) is 65.9. The number of hydrogen-bond donors (Lipinski definition) is 0. The van der Waals surface area contributed by atoms with Crippen LogP contribution in [-0.4, -0.2) is 72.7 Å². The average Bonchev–Trinajstić information content (AvgIpc) is 3.46. The molecule has 0 spiro atoms. The van der Waals surface area contributed by atoms with Gasteiger partial charge in [-0.15, -0.1) is 0 Å². The zero-order valence-corrected chi connectivity index (χ0v) is 80.2. The second-order valence-electron chi connectivity index (χ2n) is 29.2. The topological polar surface area (TPSA) is 0 Å². The molecule has 8 aliphatic rings. The molecular formula is C68H100Cl8Si9Zr4+8. The summed E-state index contributed by atoms with van der Waals surface area (Å²) >= 11 is -3.30. The molecule has 8 saturated carbocycles. The van der Waals surface area contributed by atoms with Crippen LogP contribution in [0, 0.1) is 250 Å². The predicted octanol–water partition coefficient (Wildman–Crippen LogP) is 23.6. The van der Waals surface area contributed by atoms with Crippen LogP contribution < -0.4 is 0 Å². The van der Waals surface area contributed by atoms with Crippen molar-refractivity contribution in [1.82, 2.24) is 0 Å². The van der Waals surface area contributed by atoms with Crippen LogP contribution in [-0.2, 0) is 83.4 Å². The van der Waals surface area contributed by atoms with Crippen molar-refractivity contribution in [2.24, 2.45) is 0 Å². The van der Waals surface area contributed by atoms with Crippen LogP contribution in [0.3, 0.4) is 0 Å². The molecule has 472 valence electrons. The van der Waals surface area contributed by atoms with Gasteiger partial charge >= 0.3 is 151 Å². The monoisotopic (exact) mass is 1810 g/mol. The summed E-state index contributed by atoms with van der Waals surface area (Å²) in [5.41, 5.74) is 13.2. The van der Waals surface area contributed by atoms with Gasteiger partial charge in [-0.1, -0.05) is 175 Å². The van der Waals surface area contributed by atoms with Crippen LogP contribution in [0.25, 0.3) is 0 Å². The maximum absolute atomic E-state index is 4.93. The predicted molar refractivity (Wildman–Crippen MR) is 409 cm³/mol. The summed E-state index contributed by atoms with van der Waals surface area (Å²) in [7, 11) is 24.2. The molecule has 40 radical (unpaired) electrons. The van der Waals surface area contributed by atoms with E-state index in [4.69, 9.17) is 68.1 Å². The Bertz CT molecular complexity index is 1530. The van der Waals surface area contributed by atoms with E-state index in [0.29, 0.717) is 0 Å². The molecule has 0 nitrogen and oxygen atoms in total. The van der Waals surface area contributed by atoms with E-state index in [0.717, 1.165) is 0 Å². The van der Waals surface area contributed by atoms with Gasteiger partial charge in [0.15, 0.2) is 0 Å². The molecule has 21 heteroatoms. The normalized spacial score (nSPS) is 21.3. The van der Waals surface area contributed by atoms with Crippen molar-refractivity contribution >= 4 is 141 Å². The van der Waals surface area contributed by atoms with Gasteiger partial charge in [-0.3, -0.25) is 0 Å². The fourth-order valence-electron chi connectivity index (χ4n) is 13.8. The first kappa shape index (κ1) is 89.2. The summed E-state index contributed by atoms with van der Waals surface area (Å²) in [5, 5.41) is 0. The first-order valence-corrected chi connectivity index (χ1v) is 84.4. The molecule has 0 heterocycles. The first-order chi connectivity index (χ1) is 42.2. The van der Waals surface area contributed by atoms with E-state index < -0.39 is 156 Å². The van der Waals surface area contributed by atoms with E-state index in [1.165, 1.54) is 72.5 Å². The van der Waals surface area contributed by atoms with Crippen LogP contribution in [0.5, 0.6) is 0 Å². The van der Waals surface area contributed by atoms with Gasteiger partial charge in [-0.05, 0) is 250 Å². The Labute approximate surface area is 639 Å². The molecule has 8 aliphatic carbocycles. The van der Waals surface area contributed by atoms with Crippen LogP contribution in [0.2, 0.25) is 175 Å². The fourth-order valence-corrected chi connectivity index (χ4v) is 65.5. The quantitative estimate of drug-likeness (QED) is 0.0589. The van der Waals surface area contributed by atoms with Gasteiger partial charge < -0.3 is 0 Å². The van der Waals surface area contributed by atoms with Gasteiger partial charge in [-0.25, -0.2) is 0 Å². The first-order valence-electron chi connectivity index (χ1n) is 31.8. The van der Waals surface area contributed by atoms with Crippen molar-refractivity contribution in [3.63, 3.8) is 0 Å². The third-order valence-electron chi connectivity index (χ3n) is 20.9. The summed E-state index contributed by atoms with van der Waals surface area (Å²) in [6.45, 7) is 33.5. The molecule has 8 fully saturated rings. The van der Waals surface area contributed by atoms with E-state index in [-0.39, 0.29) is 0 Å². The van der Waals surface area contributed by atoms with E-state index in [9.17, 15) is 0 Å². The third kappa shape index (κ3) is 29.9. The summed E-state index contributed by atoms with van der Waals surface area (Å²) in [6.07, 6.45) is 76.3. The van der Waals surface area contributed by atoms with Crippen molar-refractivity contribution < 1.29 is 83.4 Å². The molecule has 0 N–H and O–H groups in total. The Kier molecular flexibility index (Phi) is 45.4. The summed E-state index contributed by atoms with van der Waals surface area (Å²) in [5.74, 6) is 0. The van der Waals surface area contributed by atoms with Crippen molar-refractivity contribution in [3.05, 3.63) is 250 Å². The Hall–Kier alpha value is 7.80. The molecule has 8 rings (SSSR count). The van der Waals surface area contributed by atoms with E-state index >= 15 is 0 Å². The minimum absolute atomic E-state index is 0.826. The summed E-state index contributed by atoms with van der Waals surface area (Å²) < 4.78 is 0. The number of rotatable bonds is 32. The summed E-state index contributed by atoms with van der Waals surface area (Å²) in [4.78, 5) is 0. The molecule has 0 aliphatic heterocycles. The third-order valence-corrected chi connectivity index (χ3v) is 60.9. The Morgan fingerprint density at radius 3 is 0.404 bits per heavy atom. The van der Waals surface area contributed by atoms with Gasteiger partial charge in [0.25, 0.3) is 0 Å². The van der Waals surface area contributed by atoms with Gasteiger partial charge in [-0.2, -0.15) is 0 Å². The Morgan fingerprint density at radius 1 is 0.191 bits per heavy atom. The number of halogens is 8. The Balaban J connectivity index is 0.00000131. The molecule has 0 aromatic rings. The average molecular weight is 1820 g/mol. The molecule has 0 saturated heterocycles. The van der Waals surface area contributed by atoms with E-state index in [1.54, 1.807) is 68.5 Å². The van der Waals surface area contributed by atoms with Crippen LogP contribution in [0.15, 0.2) is 0 Å². The molecule has 0 unspecified atom stereocenters. The van der Waals surface area contributed by atoms with Gasteiger partial charge in [0.2, 0.25) is 0 Å². The Morgan fingerprint density at radius 2 is 0.292 bits per heavy atom. The van der Waals surface area contributed by atoms with Crippen LogP contribution >= 0.6 is 68.1 Å². The van der Waals surface area contributed by atoms with Crippen LogP contribution in [0.1, 0.15) is 0 Å². The molecule has 89 heavy (non-hydrogen) atoms. The molecular weight excluding hydrogens is 1720 g/mol. The van der Waals surface area contributed by atoms with Crippen LogP contribution in [0.4, 0.5) is 0 Å². The molecule has 0 amide bonds. The fraction of sp³-hybridized carbons (Fsp3) is 0.412. The van der Waals surface area contributed by atoms with E-state index in [2.05, 4.69) is 284 Å². The maximum atomic E-state index is 4.93. The van der Waals surface area contributed by atoms with Gasteiger partial charge in [0.05, 0.1) is 40.4 Å². The van der Waals surface area contributed by atoms with Gasteiger partial charge in [0.1, 0.15) is 0 Å². The van der Waals surface area contributed by atoms with Gasteiger partial charge in [0, 0.05) is 32.3 Å². The van der Waals surface area contributed by atoms with Crippen molar-refractivity contribution in [1.29, 1.82) is 0 Å². The standard InChI is InChI=1S/C68H100Si9.8ClH.4Zr/c1-69(2,45-53-73(9,61-29-13-14-30-61)62-31-15-16-32-62)49-57-77(58-50-70(3,4)46-54-74(10,63-33-17-18-34-63)64-35-19-20-36-64,59-51-71(5,6)47-55-75(11,65-37-21-22-38-65)66-39-23-24-40-66)60-52-72(7,8)48-56-76(12,67-41-25-26-42-67)68-43-27-28-44-68;;;;;;;;;;;;/h13-44H,45-60H2,1-12H3;8*1H;;;;/q;;;;;;;;;4*+4/p-8. The summed E-state index contributed by atoms with van der Waals surface area (Å²) in [6, 6.07) is 23.9. The van der Waals surface area contributed by atoms with Crippen molar-refractivity contribution in [3.8, 4) is 0 Å². The number of hydrogen-bond acceptors (Lipinski definition) is 0. The zero-order valence-electron chi connectivity index (χ0n) is 55.3. The van der Waals surface area contributed by atoms with Crippen molar-refractivity contribution in [2.75, 3.05) is 0 Å². The van der Waals surface area contributed by atoms with E-state index in [1.807, 2.05) is 0 Å². The molecule has 0 aromatic heterocycles. The minimum atomic E-state index is -1.82. The van der Waals surface area contributed by atoms with Crippen molar-refractivity contribution in [2.45, 2.75) is 175 Å².